The zero-order valence-electron chi connectivity index (χ0n) is 22.2. The summed E-state index contributed by atoms with van der Waals surface area (Å²) in [5.74, 6) is -6.13. The molecular formula is C30H18F9NO3S. The molecule has 0 saturated carbocycles. The highest BCUT2D eigenvalue weighted by atomic mass is 32.2. The van der Waals surface area contributed by atoms with E-state index in [-0.39, 0.29) is 21.9 Å². The minimum atomic E-state index is -5.31. The molecule has 0 saturated heterocycles. The molecule has 0 aliphatic carbocycles. The van der Waals surface area contributed by atoms with E-state index in [0.717, 1.165) is 52.7 Å². The second kappa shape index (κ2) is 11.4. The van der Waals surface area contributed by atoms with Gasteiger partial charge in [0.05, 0.1) is 21.7 Å². The molecule has 0 N–H and O–H groups in total. The summed E-state index contributed by atoms with van der Waals surface area (Å²) in [6.07, 6.45) is -11.1. The number of pyridine rings is 1. The third-order valence-electron chi connectivity index (χ3n) is 7.10. The van der Waals surface area contributed by atoms with Crippen LogP contribution in [-0.2, 0) is 12.6 Å². The molecule has 1 unspecified atom stereocenters. The van der Waals surface area contributed by atoms with E-state index in [1.165, 1.54) is 19.1 Å². The van der Waals surface area contributed by atoms with Gasteiger partial charge >= 0.3 is 12.5 Å². The van der Waals surface area contributed by atoms with Crippen LogP contribution in [0.4, 0.5) is 39.5 Å². The van der Waals surface area contributed by atoms with Crippen molar-refractivity contribution in [2.45, 2.75) is 37.0 Å². The summed E-state index contributed by atoms with van der Waals surface area (Å²) in [6.45, 7) is 1.23. The maximum absolute atomic E-state index is 15.5. The molecule has 0 spiro atoms. The predicted octanol–water partition coefficient (Wildman–Crippen LogP) is 8.28. The molecule has 3 aromatic carbocycles. The Morgan fingerprint density at radius 1 is 0.909 bits per heavy atom. The Balaban J connectivity index is 1.79. The lowest BCUT2D eigenvalue weighted by molar-refractivity contribution is -0.275. The average molecular weight is 644 g/mol. The van der Waals surface area contributed by atoms with Crippen LogP contribution >= 0.6 is 11.8 Å². The minimum absolute atomic E-state index is 0.0505. The van der Waals surface area contributed by atoms with Crippen molar-refractivity contribution in [3.8, 4) is 16.9 Å². The topological polar surface area (TPSA) is 48.3 Å². The van der Waals surface area contributed by atoms with E-state index in [4.69, 9.17) is 0 Å². The van der Waals surface area contributed by atoms with Gasteiger partial charge in [0.25, 0.3) is 5.56 Å². The van der Waals surface area contributed by atoms with Crippen LogP contribution in [0.25, 0.3) is 11.1 Å². The summed E-state index contributed by atoms with van der Waals surface area (Å²) < 4.78 is 130. The number of hydrogen-bond acceptors (Lipinski definition) is 4. The van der Waals surface area contributed by atoms with Crippen LogP contribution in [0.2, 0.25) is 0 Å². The van der Waals surface area contributed by atoms with E-state index in [1.54, 1.807) is 0 Å². The Labute approximate surface area is 247 Å². The highest BCUT2D eigenvalue weighted by Crippen LogP contribution is 2.43. The summed E-state index contributed by atoms with van der Waals surface area (Å²) in [7, 11) is 0. The molecule has 1 aromatic heterocycles. The normalized spacial score (nSPS) is 14.9. The van der Waals surface area contributed by atoms with Gasteiger partial charge in [-0.05, 0) is 48.4 Å². The van der Waals surface area contributed by atoms with Crippen LogP contribution in [0.1, 0.15) is 38.7 Å². The summed E-state index contributed by atoms with van der Waals surface area (Å²) in [5.41, 5.74) is -5.17. The van der Waals surface area contributed by atoms with Crippen LogP contribution in [0.3, 0.4) is 0 Å². The van der Waals surface area contributed by atoms with Crippen LogP contribution in [0, 0.1) is 24.4 Å². The van der Waals surface area contributed by atoms with Gasteiger partial charge in [0.2, 0.25) is 0 Å². The maximum Gasteiger partial charge on any atom is 0.573 e. The number of benzene rings is 3. The fourth-order valence-electron chi connectivity index (χ4n) is 5.15. The molecule has 0 amide bonds. The van der Waals surface area contributed by atoms with Crippen LogP contribution in [0.5, 0.6) is 5.75 Å². The predicted molar refractivity (Wildman–Crippen MR) is 142 cm³/mol. The molecule has 5 rings (SSSR count). The Morgan fingerprint density at radius 3 is 2.23 bits per heavy atom. The van der Waals surface area contributed by atoms with Gasteiger partial charge < -0.3 is 4.74 Å². The van der Waals surface area contributed by atoms with Crippen molar-refractivity contribution in [3.63, 3.8) is 0 Å². The number of aromatic nitrogens is 1. The molecule has 1 aliphatic heterocycles. The molecule has 44 heavy (non-hydrogen) atoms. The molecule has 1 atom stereocenters. The summed E-state index contributed by atoms with van der Waals surface area (Å²) in [4.78, 5) is 27.4. The number of alkyl halides is 6. The Morgan fingerprint density at radius 2 is 1.57 bits per heavy atom. The van der Waals surface area contributed by atoms with Gasteiger partial charge in [-0.15, -0.1) is 24.9 Å². The van der Waals surface area contributed by atoms with Crippen molar-refractivity contribution in [2.24, 2.45) is 0 Å². The van der Waals surface area contributed by atoms with Gasteiger partial charge in [-0.2, -0.15) is 13.2 Å². The van der Waals surface area contributed by atoms with Gasteiger partial charge in [-0.1, -0.05) is 30.3 Å². The van der Waals surface area contributed by atoms with E-state index in [2.05, 4.69) is 4.74 Å². The van der Waals surface area contributed by atoms with E-state index in [9.17, 15) is 44.7 Å². The number of rotatable bonds is 6. The number of ether oxygens (including phenoxy) is 1. The molecule has 1 aliphatic rings. The Kier molecular flexibility index (Phi) is 8.08. The fraction of sp³-hybridized carbons (Fsp3) is 0.200. The Bertz CT molecular complexity index is 1850. The number of Topliss-reactive ketones (excluding diaryl/α,β-unsaturated/α-hetero) is 1. The lowest BCUT2D eigenvalue weighted by atomic mass is 9.92. The number of nitrogens with zero attached hydrogens (tertiary/aromatic N) is 1. The van der Waals surface area contributed by atoms with Crippen LogP contribution in [-0.4, -0.2) is 22.5 Å². The van der Waals surface area contributed by atoms with Crippen molar-refractivity contribution < 1.29 is 49.0 Å². The molecule has 0 radical (unpaired) electrons. The zero-order chi connectivity index (χ0) is 32.1. The lowest BCUT2D eigenvalue weighted by Crippen LogP contribution is -2.32. The minimum Gasteiger partial charge on any atom is -0.403 e. The van der Waals surface area contributed by atoms with Crippen molar-refractivity contribution in [1.82, 2.24) is 4.57 Å². The first-order valence-corrected chi connectivity index (χ1v) is 13.7. The quantitative estimate of drug-likeness (QED) is 0.157. The molecule has 0 bridgehead atoms. The Hall–Kier alpha value is -4.20. The molecule has 230 valence electrons. The van der Waals surface area contributed by atoms with E-state index in [0.29, 0.717) is 12.1 Å². The monoisotopic (exact) mass is 643 g/mol. The molecule has 4 aromatic rings. The summed E-state index contributed by atoms with van der Waals surface area (Å²) >= 11 is 0.866. The summed E-state index contributed by atoms with van der Waals surface area (Å²) in [5, 5.41) is -0.0505. The van der Waals surface area contributed by atoms with Crippen LogP contribution in [0.15, 0.2) is 70.5 Å². The molecule has 4 nitrogen and oxygen atoms in total. The van der Waals surface area contributed by atoms with E-state index < -0.39 is 87.4 Å². The molecule has 14 heteroatoms. The number of halogens is 9. The maximum atomic E-state index is 15.5. The smallest absolute Gasteiger partial charge is 0.403 e. The van der Waals surface area contributed by atoms with Gasteiger partial charge in [-0.25, -0.2) is 13.2 Å². The van der Waals surface area contributed by atoms with Crippen molar-refractivity contribution in [2.75, 3.05) is 5.75 Å². The lowest BCUT2D eigenvalue weighted by Gasteiger charge is -2.22. The number of carbonyl (C=O) groups excluding carboxylic acids is 1. The second-order valence-corrected chi connectivity index (χ2v) is 10.7. The van der Waals surface area contributed by atoms with Gasteiger partial charge in [-0.3, -0.25) is 14.2 Å². The largest absolute Gasteiger partial charge is 0.573 e. The van der Waals surface area contributed by atoms with Crippen molar-refractivity contribution in [3.05, 3.63) is 116 Å². The first kappa shape index (κ1) is 31.2. The van der Waals surface area contributed by atoms with Crippen LogP contribution < -0.4 is 10.3 Å². The second-order valence-electron chi connectivity index (χ2n) is 9.74. The summed E-state index contributed by atoms with van der Waals surface area (Å²) in [6, 6.07) is 8.31. The van der Waals surface area contributed by atoms with Gasteiger partial charge in [0.1, 0.15) is 17.7 Å². The van der Waals surface area contributed by atoms with Crippen molar-refractivity contribution >= 4 is 17.5 Å². The van der Waals surface area contributed by atoms with Crippen molar-refractivity contribution in [1.29, 1.82) is 0 Å². The third-order valence-corrected chi connectivity index (χ3v) is 8.30. The highest BCUT2D eigenvalue weighted by molar-refractivity contribution is 7.99. The fourth-order valence-corrected chi connectivity index (χ4v) is 6.51. The molecular weight excluding hydrogens is 625 g/mol. The zero-order valence-corrected chi connectivity index (χ0v) is 23.1. The average Bonchev–Trinajstić information content (AvgIpc) is 3.38. The first-order chi connectivity index (χ1) is 20.6. The standard InChI is InChI=1S/C30H18F9NO3S/c1-14-17(12-18-19(29(34,35)36)8-5-10-21(18)32)28-40(22(13-44-28)26(41)15-6-2-3-9-20(15)31)27(42)24(14)16-7-4-11-23(25(16)33)43-30(37,38)39/h2-11,22H,12-13H2,1H3. The van der Waals surface area contributed by atoms with E-state index in [1.807, 2.05) is 0 Å². The SMILES string of the molecule is Cc1c(Cc2c(F)cccc2C(F)(F)F)c2n(c(=O)c1-c1cccc(OC(F)(F)F)c1F)C(C(=O)c1ccccc1F)CS2. The molecule has 0 fully saturated rings. The van der Waals surface area contributed by atoms with E-state index >= 15 is 4.39 Å². The number of ketones is 1. The number of carbonyl (C=O) groups is 1. The number of hydrogen-bond donors (Lipinski definition) is 0. The van der Waals surface area contributed by atoms with Gasteiger partial charge in [0, 0.05) is 23.3 Å². The number of thioether (sulfide) groups is 1. The van der Waals surface area contributed by atoms with Gasteiger partial charge in [0.15, 0.2) is 17.3 Å². The molecule has 2 heterocycles. The highest BCUT2D eigenvalue weighted by Gasteiger charge is 2.39. The first-order valence-electron chi connectivity index (χ1n) is 12.7. The number of fused-ring (bicyclic) bond motifs is 1. The third kappa shape index (κ3) is 5.70.